The smallest absolute Gasteiger partial charge is 0.337 e. The molecule has 0 aliphatic heterocycles. The van der Waals surface area contributed by atoms with Crippen LogP contribution < -0.4 is 10.6 Å². The molecule has 5 heteroatoms. The van der Waals surface area contributed by atoms with Crippen molar-refractivity contribution < 1.29 is 14.3 Å². The molecule has 2 N–H and O–H groups in total. The summed E-state index contributed by atoms with van der Waals surface area (Å²) in [5, 5.41) is 6.13. The first kappa shape index (κ1) is 18.0. The zero-order valence-electron chi connectivity index (χ0n) is 15.2. The molecule has 0 saturated carbocycles. The molecule has 0 aromatic heterocycles. The molecule has 0 heterocycles. The average Bonchev–Trinajstić information content (AvgIpc) is 2.67. The number of anilines is 2. The fraction of sp³-hybridized carbons (Fsp3) is 0.333. The molecular weight excluding hydrogens is 328 g/mol. The van der Waals surface area contributed by atoms with E-state index in [0.717, 1.165) is 24.1 Å². The number of esters is 1. The molecule has 1 aliphatic carbocycles. The highest BCUT2D eigenvalue weighted by atomic mass is 16.5. The highest BCUT2D eigenvalue weighted by Crippen LogP contribution is 2.27. The standard InChI is InChI=1S/C21H24N2O3/c1-14-10-11-16(21(25)26-2)12-19(14)23-20(24)13-22-18-9-5-7-15-6-3-4-8-17(15)18/h5,7,9-12,22H,3-4,6,8,13H2,1-2H3,(H,23,24). The number of hydrogen-bond donors (Lipinski definition) is 2. The van der Waals surface area contributed by atoms with Gasteiger partial charge in [0, 0.05) is 11.4 Å². The van der Waals surface area contributed by atoms with E-state index >= 15 is 0 Å². The van der Waals surface area contributed by atoms with Crippen LogP contribution in [0, 0.1) is 6.92 Å². The zero-order chi connectivity index (χ0) is 18.5. The zero-order valence-corrected chi connectivity index (χ0v) is 15.2. The third kappa shape index (κ3) is 4.04. The van der Waals surface area contributed by atoms with Crippen LogP contribution in [0.4, 0.5) is 11.4 Å². The number of rotatable bonds is 5. The molecule has 136 valence electrons. The summed E-state index contributed by atoms with van der Waals surface area (Å²) in [7, 11) is 1.34. The Hall–Kier alpha value is -2.82. The van der Waals surface area contributed by atoms with E-state index < -0.39 is 5.97 Å². The lowest BCUT2D eigenvalue weighted by Crippen LogP contribution is -2.23. The van der Waals surface area contributed by atoms with Crippen molar-refractivity contribution in [2.45, 2.75) is 32.6 Å². The van der Waals surface area contributed by atoms with Crippen LogP contribution in [-0.4, -0.2) is 25.5 Å². The summed E-state index contributed by atoms with van der Waals surface area (Å²) < 4.78 is 4.73. The SMILES string of the molecule is COC(=O)c1ccc(C)c(NC(=O)CNc2cccc3c2CCCC3)c1. The van der Waals surface area contributed by atoms with Crippen LogP contribution >= 0.6 is 0 Å². The van der Waals surface area contributed by atoms with Crippen molar-refractivity contribution in [2.24, 2.45) is 0 Å². The fourth-order valence-corrected chi connectivity index (χ4v) is 3.32. The highest BCUT2D eigenvalue weighted by Gasteiger charge is 2.14. The van der Waals surface area contributed by atoms with Crippen LogP contribution in [0.3, 0.4) is 0 Å². The van der Waals surface area contributed by atoms with Crippen molar-refractivity contribution in [3.05, 3.63) is 58.7 Å². The summed E-state index contributed by atoms with van der Waals surface area (Å²) >= 11 is 0. The second-order valence-electron chi connectivity index (χ2n) is 6.57. The van der Waals surface area contributed by atoms with Crippen LogP contribution in [0.1, 0.15) is 39.9 Å². The minimum Gasteiger partial charge on any atom is -0.465 e. The van der Waals surface area contributed by atoms with E-state index in [1.165, 1.54) is 31.1 Å². The Morgan fingerprint density at radius 2 is 1.88 bits per heavy atom. The molecule has 0 fully saturated rings. The monoisotopic (exact) mass is 352 g/mol. The van der Waals surface area contributed by atoms with Crippen LogP contribution in [-0.2, 0) is 22.4 Å². The number of carbonyl (C=O) groups is 2. The van der Waals surface area contributed by atoms with Gasteiger partial charge in [0.1, 0.15) is 0 Å². The molecule has 0 saturated heterocycles. The maximum Gasteiger partial charge on any atom is 0.337 e. The van der Waals surface area contributed by atoms with Crippen molar-refractivity contribution in [1.82, 2.24) is 0 Å². The number of carbonyl (C=O) groups excluding carboxylic acids is 2. The largest absolute Gasteiger partial charge is 0.465 e. The molecule has 0 radical (unpaired) electrons. The molecule has 26 heavy (non-hydrogen) atoms. The second-order valence-corrected chi connectivity index (χ2v) is 6.57. The molecule has 1 amide bonds. The fourth-order valence-electron chi connectivity index (χ4n) is 3.32. The quantitative estimate of drug-likeness (QED) is 0.805. The predicted molar refractivity (Wildman–Crippen MR) is 103 cm³/mol. The number of methoxy groups -OCH3 is 1. The highest BCUT2D eigenvalue weighted by molar-refractivity contribution is 5.97. The summed E-state index contributed by atoms with van der Waals surface area (Å²) in [5.74, 6) is -0.571. The molecule has 1 aliphatic rings. The summed E-state index contributed by atoms with van der Waals surface area (Å²) in [5.41, 5.74) is 5.67. The molecular formula is C21H24N2O3. The molecule has 2 aromatic rings. The van der Waals surface area contributed by atoms with Gasteiger partial charge in [-0.05, 0) is 67.5 Å². The van der Waals surface area contributed by atoms with Crippen molar-refractivity contribution >= 4 is 23.3 Å². The lowest BCUT2D eigenvalue weighted by atomic mass is 9.90. The summed E-state index contributed by atoms with van der Waals surface area (Å²) in [4.78, 5) is 24.0. The summed E-state index contributed by atoms with van der Waals surface area (Å²) in [6.07, 6.45) is 4.58. The third-order valence-corrected chi connectivity index (χ3v) is 4.77. The van der Waals surface area contributed by atoms with Crippen molar-refractivity contribution in [3.63, 3.8) is 0 Å². The van der Waals surface area contributed by atoms with Crippen LogP contribution in [0.25, 0.3) is 0 Å². The molecule has 0 spiro atoms. The Morgan fingerprint density at radius 3 is 2.69 bits per heavy atom. The third-order valence-electron chi connectivity index (χ3n) is 4.77. The van der Waals surface area contributed by atoms with Gasteiger partial charge in [-0.3, -0.25) is 4.79 Å². The van der Waals surface area contributed by atoms with E-state index in [2.05, 4.69) is 16.7 Å². The van der Waals surface area contributed by atoms with Crippen molar-refractivity contribution in [2.75, 3.05) is 24.3 Å². The van der Waals surface area contributed by atoms with E-state index in [9.17, 15) is 9.59 Å². The van der Waals surface area contributed by atoms with Gasteiger partial charge in [-0.1, -0.05) is 18.2 Å². The Bertz CT molecular complexity index is 830. The van der Waals surface area contributed by atoms with Crippen LogP contribution in [0.5, 0.6) is 0 Å². The second kappa shape index (κ2) is 8.04. The maximum absolute atomic E-state index is 12.4. The predicted octanol–water partition coefficient (Wildman–Crippen LogP) is 3.71. The van der Waals surface area contributed by atoms with Gasteiger partial charge in [0.15, 0.2) is 0 Å². The van der Waals surface area contributed by atoms with E-state index in [-0.39, 0.29) is 12.5 Å². The number of benzene rings is 2. The van der Waals surface area contributed by atoms with E-state index in [1.807, 2.05) is 19.1 Å². The number of ether oxygens (including phenoxy) is 1. The first-order valence-corrected chi connectivity index (χ1v) is 8.92. The number of hydrogen-bond acceptors (Lipinski definition) is 4. The molecule has 3 rings (SSSR count). The van der Waals surface area contributed by atoms with Crippen molar-refractivity contribution in [1.29, 1.82) is 0 Å². The van der Waals surface area contributed by atoms with E-state index in [1.54, 1.807) is 18.2 Å². The molecule has 0 bridgehead atoms. The number of nitrogens with one attached hydrogen (secondary N) is 2. The van der Waals surface area contributed by atoms with Crippen molar-refractivity contribution in [3.8, 4) is 0 Å². The van der Waals surface area contributed by atoms with Gasteiger partial charge in [0.2, 0.25) is 5.91 Å². The van der Waals surface area contributed by atoms with E-state index in [0.29, 0.717) is 11.3 Å². The van der Waals surface area contributed by atoms with Gasteiger partial charge < -0.3 is 15.4 Å². The van der Waals surface area contributed by atoms with Crippen LogP contribution in [0.2, 0.25) is 0 Å². The molecule has 0 unspecified atom stereocenters. The summed E-state index contributed by atoms with van der Waals surface area (Å²) in [6, 6.07) is 11.4. The minimum atomic E-state index is -0.422. The van der Waals surface area contributed by atoms with Gasteiger partial charge >= 0.3 is 5.97 Å². The van der Waals surface area contributed by atoms with Gasteiger partial charge in [0.25, 0.3) is 0 Å². The van der Waals surface area contributed by atoms with E-state index in [4.69, 9.17) is 4.74 Å². The Labute approximate surface area is 153 Å². The van der Waals surface area contributed by atoms with Gasteiger partial charge in [-0.25, -0.2) is 4.79 Å². The summed E-state index contributed by atoms with van der Waals surface area (Å²) in [6.45, 7) is 2.07. The topological polar surface area (TPSA) is 67.4 Å². The lowest BCUT2D eigenvalue weighted by Gasteiger charge is -2.20. The minimum absolute atomic E-state index is 0.150. The Kier molecular flexibility index (Phi) is 5.56. The Balaban J connectivity index is 1.66. The van der Waals surface area contributed by atoms with Gasteiger partial charge in [-0.15, -0.1) is 0 Å². The van der Waals surface area contributed by atoms with Crippen LogP contribution in [0.15, 0.2) is 36.4 Å². The average molecular weight is 352 g/mol. The number of fused-ring (bicyclic) bond motifs is 1. The first-order chi connectivity index (χ1) is 12.6. The molecule has 5 nitrogen and oxygen atoms in total. The Morgan fingerprint density at radius 1 is 1.08 bits per heavy atom. The maximum atomic E-state index is 12.4. The number of amides is 1. The lowest BCUT2D eigenvalue weighted by molar-refractivity contribution is -0.114. The van der Waals surface area contributed by atoms with Gasteiger partial charge in [-0.2, -0.15) is 0 Å². The normalized spacial score (nSPS) is 12.8. The first-order valence-electron chi connectivity index (χ1n) is 8.92. The number of aryl methyl sites for hydroxylation is 2. The van der Waals surface area contributed by atoms with Gasteiger partial charge in [0.05, 0.1) is 19.2 Å². The molecule has 0 atom stereocenters. The molecule has 2 aromatic carbocycles.